The Morgan fingerprint density at radius 2 is 2.11 bits per heavy atom. The molecule has 2 saturated heterocycles. The number of piperazine rings is 1. The van der Waals surface area contributed by atoms with E-state index in [0.29, 0.717) is 18.4 Å². The average Bonchev–Trinajstić information content (AvgIpc) is 2.92. The van der Waals surface area contributed by atoms with Crippen LogP contribution in [0.3, 0.4) is 0 Å². The van der Waals surface area contributed by atoms with E-state index in [1.54, 1.807) is 0 Å². The molecule has 0 aromatic heterocycles. The third kappa shape index (κ3) is 3.43. The molecule has 2 fully saturated rings. The summed E-state index contributed by atoms with van der Waals surface area (Å²) in [5.41, 5.74) is 5.64. The van der Waals surface area contributed by atoms with Crippen molar-refractivity contribution in [3.63, 3.8) is 0 Å². The van der Waals surface area contributed by atoms with Gasteiger partial charge in [-0.25, -0.2) is 0 Å². The summed E-state index contributed by atoms with van der Waals surface area (Å²) in [7, 11) is 0. The summed E-state index contributed by atoms with van der Waals surface area (Å²) < 4.78 is 5.29. The van der Waals surface area contributed by atoms with Gasteiger partial charge in [0.1, 0.15) is 0 Å². The van der Waals surface area contributed by atoms with Crippen LogP contribution in [-0.2, 0) is 9.53 Å². The molecule has 2 atom stereocenters. The Hall–Kier alpha value is -0.650. The molecular formula is C13H25N3O2. The highest BCUT2D eigenvalue weighted by molar-refractivity contribution is 5.79. The van der Waals surface area contributed by atoms with Crippen molar-refractivity contribution in [3.05, 3.63) is 0 Å². The number of carbonyl (C=O) groups excluding carboxylic acids is 1. The highest BCUT2D eigenvalue weighted by Crippen LogP contribution is 2.17. The number of nitrogens with zero attached hydrogens (tertiary/aromatic N) is 2. The summed E-state index contributed by atoms with van der Waals surface area (Å²) in [6.07, 6.45) is 0.892. The standard InChI is InChI=1S/C13H25N3O2/c1-11(8-14)9-15-3-5-16(6-4-15)13(17)12-2-7-18-10-12/h11-12H,2-10,14H2,1H3. The van der Waals surface area contributed by atoms with Gasteiger partial charge in [-0.05, 0) is 18.9 Å². The third-order valence-electron chi connectivity index (χ3n) is 3.94. The first kappa shape index (κ1) is 13.8. The van der Waals surface area contributed by atoms with Gasteiger partial charge in [-0.3, -0.25) is 9.69 Å². The van der Waals surface area contributed by atoms with Gasteiger partial charge in [0.05, 0.1) is 12.5 Å². The van der Waals surface area contributed by atoms with Crippen LogP contribution in [0.1, 0.15) is 13.3 Å². The Morgan fingerprint density at radius 1 is 1.39 bits per heavy atom. The first-order valence-electron chi connectivity index (χ1n) is 6.99. The average molecular weight is 255 g/mol. The van der Waals surface area contributed by atoms with Gasteiger partial charge < -0.3 is 15.4 Å². The molecule has 0 aromatic rings. The predicted molar refractivity (Wildman–Crippen MR) is 70.2 cm³/mol. The number of ether oxygens (including phenoxy) is 1. The van der Waals surface area contributed by atoms with E-state index in [9.17, 15) is 4.79 Å². The van der Waals surface area contributed by atoms with Crippen LogP contribution in [-0.4, -0.2) is 68.2 Å². The molecule has 2 heterocycles. The van der Waals surface area contributed by atoms with E-state index in [-0.39, 0.29) is 5.92 Å². The molecule has 5 heteroatoms. The fourth-order valence-corrected chi connectivity index (χ4v) is 2.65. The van der Waals surface area contributed by atoms with E-state index < -0.39 is 0 Å². The summed E-state index contributed by atoms with van der Waals surface area (Å²) in [5, 5.41) is 0. The molecule has 0 saturated carbocycles. The van der Waals surface area contributed by atoms with E-state index in [1.165, 1.54) is 0 Å². The first-order valence-corrected chi connectivity index (χ1v) is 6.99. The highest BCUT2D eigenvalue weighted by atomic mass is 16.5. The Balaban J connectivity index is 1.74. The molecule has 0 aromatic carbocycles. The Labute approximate surface area is 109 Å². The van der Waals surface area contributed by atoms with Crippen LogP contribution < -0.4 is 5.73 Å². The molecule has 2 N–H and O–H groups in total. The lowest BCUT2D eigenvalue weighted by Crippen LogP contribution is -2.51. The molecule has 1 amide bonds. The van der Waals surface area contributed by atoms with E-state index in [1.807, 2.05) is 4.90 Å². The smallest absolute Gasteiger partial charge is 0.228 e. The Bertz CT molecular complexity index is 271. The summed E-state index contributed by atoms with van der Waals surface area (Å²) in [6.45, 7) is 8.97. The molecule has 0 aliphatic carbocycles. The zero-order chi connectivity index (χ0) is 13.0. The normalized spacial score (nSPS) is 27.4. The minimum absolute atomic E-state index is 0.111. The van der Waals surface area contributed by atoms with Crippen LogP contribution in [0, 0.1) is 11.8 Å². The van der Waals surface area contributed by atoms with Gasteiger partial charge >= 0.3 is 0 Å². The van der Waals surface area contributed by atoms with E-state index in [4.69, 9.17) is 10.5 Å². The number of carbonyl (C=O) groups is 1. The lowest BCUT2D eigenvalue weighted by Gasteiger charge is -2.36. The maximum absolute atomic E-state index is 12.2. The molecule has 104 valence electrons. The second kappa shape index (κ2) is 6.50. The minimum atomic E-state index is 0.111. The molecule has 2 rings (SSSR count). The maximum Gasteiger partial charge on any atom is 0.228 e. The number of amides is 1. The van der Waals surface area contributed by atoms with Crippen molar-refractivity contribution in [2.45, 2.75) is 13.3 Å². The number of hydrogen-bond acceptors (Lipinski definition) is 4. The fourth-order valence-electron chi connectivity index (χ4n) is 2.65. The largest absolute Gasteiger partial charge is 0.381 e. The van der Waals surface area contributed by atoms with Crippen molar-refractivity contribution < 1.29 is 9.53 Å². The SMILES string of the molecule is CC(CN)CN1CCN(C(=O)C2CCOC2)CC1. The van der Waals surface area contributed by atoms with Crippen LogP contribution in [0.4, 0.5) is 0 Å². The van der Waals surface area contributed by atoms with Crippen LogP contribution in [0.15, 0.2) is 0 Å². The van der Waals surface area contributed by atoms with Crippen molar-refractivity contribution in [1.82, 2.24) is 9.80 Å². The second-order valence-electron chi connectivity index (χ2n) is 5.53. The molecule has 18 heavy (non-hydrogen) atoms. The lowest BCUT2D eigenvalue weighted by molar-refractivity contribution is -0.137. The van der Waals surface area contributed by atoms with Crippen LogP contribution in [0.5, 0.6) is 0 Å². The molecule has 0 bridgehead atoms. The van der Waals surface area contributed by atoms with Gasteiger partial charge in [-0.2, -0.15) is 0 Å². The number of rotatable bonds is 4. The highest BCUT2D eigenvalue weighted by Gasteiger charge is 2.30. The topological polar surface area (TPSA) is 58.8 Å². The van der Waals surface area contributed by atoms with Gasteiger partial charge in [0.15, 0.2) is 0 Å². The molecule has 2 aliphatic heterocycles. The predicted octanol–water partition coefficient (Wildman–Crippen LogP) is -0.238. The molecule has 2 unspecified atom stereocenters. The van der Waals surface area contributed by atoms with Gasteiger partial charge in [0.2, 0.25) is 5.91 Å². The minimum Gasteiger partial charge on any atom is -0.381 e. The molecular weight excluding hydrogens is 230 g/mol. The monoisotopic (exact) mass is 255 g/mol. The summed E-state index contributed by atoms with van der Waals surface area (Å²) in [4.78, 5) is 16.6. The third-order valence-corrected chi connectivity index (χ3v) is 3.94. The van der Waals surface area contributed by atoms with Crippen molar-refractivity contribution in [2.24, 2.45) is 17.6 Å². The summed E-state index contributed by atoms with van der Waals surface area (Å²) in [6, 6.07) is 0. The molecule has 5 nitrogen and oxygen atoms in total. The van der Waals surface area contributed by atoms with Crippen LogP contribution >= 0.6 is 0 Å². The van der Waals surface area contributed by atoms with Gasteiger partial charge in [-0.15, -0.1) is 0 Å². The van der Waals surface area contributed by atoms with Crippen molar-refractivity contribution in [3.8, 4) is 0 Å². The van der Waals surface area contributed by atoms with E-state index in [2.05, 4.69) is 11.8 Å². The second-order valence-corrected chi connectivity index (χ2v) is 5.53. The zero-order valence-corrected chi connectivity index (χ0v) is 11.3. The summed E-state index contributed by atoms with van der Waals surface area (Å²) >= 11 is 0. The maximum atomic E-state index is 12.2. The Morgan fingerprint density at radius 3 is 2.67 bits per heavy atom. The number of hydrogen-bond donors (Lipinski definition) is 1. The molecule has 2 aliphatic rings. The van der Waals surface area contributed by atoms with Gasteiger partial charge in [-0.1, -0.05) is 6.92 Å². The number of nitrogens with two attached hydrogens (primary N) is 1. The fraction of sp³-hybridized carbons (Fsp3) is 0.923. The molecule has 0 spiro atoms. The van der Waals surface area contributed by atoms with Gasteiger partial charge in [0, 0.05) is 39.3 Å². The van der Waals surface area contributed by atoms with Crippen molar-refractivity contribution in [2.75, 3.05) is 52.5 Å². The quantitative estimate of drug-likeness (QED) is 0.753. The van der Waals surface area contributed by atoms with Crippen molar-refractivity contribution >= 4 is 5.91 Å². The van der Waals surface area contributed by atoms with E-state index in [0.717, 1.165) is 52.3 Å². The van der Waals surface area contributed by atoms with Crippen molar-refractivity contribution in [1.29, 1.82) is 0 Å². The molecule has 0 radical (unpaired) electrons. The Kier molecular flexibility index (Phi) is 4.97. The zero-order valence-electron chi connectivity index (χ0n) is 11.3. The van der Waals surface area contributed by atoms with Gasteiger partial charge in [0.25, 0.3) is 0 Å². The first-order chi connectivity index (χ1) is 8.70. The summed E-state index contributed by atoms with van der Waals surface area (Å²) in [5.74, 6) is 0.939. The van der Waals surface area contributed by atoms with Crippen LogP contribution in [0.25, 0.3) is 0 Å². The lowest BCUT2D eigenvalue weighted by atomic mass is 10.1. The van der Waals surface area contributed by atoms with E-state index >= 15 is 0 Å². The van der Waals surface area contributed by atoms with Crippen LogP contribution in [0.2, 0.25) is 0 Å².